The quantitative estimate of drug-likeness (QED) is 0.827. The van der Waals surface area contributed by atoms with Crippen LogP contribution in [0.2, 0.25) is 0 Å². The highest BCUT2D eigenvalue weighted by Crippen LogP contribution is 2.16. The van der Waals surface area contributed by atoms with Crippen LogP contribution in [0.25, 0.3) is 4.96 Å². The second kappa shape index (κ2) is 5.62. The van der Waals surface area contributed by atoms with Crippen LogP contribution in [0.5, 0.6) is 0 Å². The van der Waals surface area contributed by atoms with Gasteiger partial charge in [-0.05, 0) is 13.3 Å². The third-order valence-corrected chi connectivity index (χ3v) is 3.61. The maximum absolute atomic E-state index is 9.64. The predicted octanol–water partition coefficient (Wildman–Crippen LogP) is 1.95. The number of aromatic nitrogens is 2. The topological polar surface area (TPSA) is 49.6 Å². The lowest BCUT2D eigenvalue weighted by Crippen LogP contribution is -2.26. The molecular weight excluding hydrogens is 234 g/mol. The molecule has 0 saturated heterocycles. The van der Waals surface area contributed by atoms with Gasteiger partial charge in [0.1, 0.15) is 0 Å². The normalized spacial score (nSPS) is 13.4. The lowest BCUT2D eigenvalue weighted by atomic mass is 10.2. The molecule has 1 unspecified atom stereocenters. The number of aliphatic hydroxyl groups excluding tert-OH is 1. The number of imidazole rings is 1. The van der Waals surface area contributed by atoms with Crippen molar-refractivity contribution in [2.45, 2.75) is 39.3 Å². The number of aryl methyl sites for hydroxylation is 1. The number of hydrogen-bond acceptors (Lipinski definition) is 4. The number of aliphatic hydroxyl groups is 1. The standard InChI is InChI=1S/C12H19N3OS/c1-3-4-10(16)7-13-8-11-9(2)14-12-15(11)5-6-17-12/h5-6,10,13,16H,3-4,7-8H2,1-2H3. The van der Waals surface area contributed by atoms with Crippen molar-refractivity contribution >= 4 is 16.3 Å². The zero-order chi connectivity index (χ0) is 12.3. The van der Waals surface area contributed by atoms with Crippen molar-refractivity contribution in [1.29, 1.82) is 0 Å². The zero-order valence-corrected chi connectivity index (χ0v) is 11.1. The Labute approximate surface area is 105 Å². The van der Waals surface area contributed by atoms with Crippen LogP contribution in [0.15, 0.2) is 11.6 Å². The Bertz CT molecular complexity index is 477. The first-order valence-electron chi connectivity index (χ1n) is 6.02. The van der Waals surface area contributed by atoms with E-state index in [1.807, 2.05) is 18.5 Å². The van der Waals surface area contributed by atoms with Gasteiger partial charge in [0, 0.05) is 24.7 Å². The summed E-state index contributed by atoms with van der Waals surface area (Å²) in [7, 11) is 0. The van der Waals surface area contributed by atoms with E-state index < -0.39 is 0 Å². The van der Waals surface area contributed by atoms with Gasteiger partial charge in [-0.25, -0.2) is 4.98 Å². The van der Waals surface area contributed by atoms with Crippen molar-refractivity contribution in [3.05, 3.63) is 23.0 Å². The molecule has 2 heterocycles. The number of thiazole rings is 1. The number of nitrogens with one attached hydrogen (secondary N) is 1. The molecule has 2 N–H and O–H groups in total. The largest absolute Gasteiger partial charge is 0.392 e. The van der Waals surface area contributed by atoms with Crippen LogP contribution in [-0.4, -0.2) is 27.1 Å². The number of nitrogens with zero attached hydrogens (tertiary/aromatic N) is 2. The molecule has 0 spiro atoms. The number of fused-ring (bicyclic) bond motifs is 1. The molecule has 0 saturated carbocycles. The second-order valence-electron chi connectivity index (χ2n) is 4.27. The van der Waals surface area contributed by atoms with Crippen molar-refractivity contribution in [3.8, 4) is 0 Å². The summed E-state index contributed by atoms with van der Waals surface area (Å²) in [6, 6.07) is 0. The molecule has 94 valence electrons. The van der Waals surface area contributed by atoms with Gasteiger partial charge in [0.05, 0.1) is 17.5 Å². The minimum absolute atomic E-state index is 0.244. The van der Waals surface area contributed by atoms with Crippen molar-refractivity contribution in [3.63, 3.8) is 0 Å². The number of rotatable bonds is 6. The molecule has 2 rings (SSSR count). The maximum atomic E-state index is 9.64. The number of hydrogen-bond donors (Lipinski definition) is 2. The third-order valence-electron chi connectivity index (χ3n) is 2.86. The van der Waals surface area contributed by atoms with Crippen molar-refractivity contribution < 1.29 is 5.11 Å². The van der Waals surface area contributed by atoms with E-state index in [2.05, 4.69) is 21.6 Å². The van der Waals surface area contributed by atoms with Gasteiger partial charge < -0.3 is 10.4 Å². The maximum Gasteiger partial charge on any atom is 0.194 e. The summed E-state index contributed by atoms with van der Waals surface area (Å²) in [4.78, 5) is 5.52. The van der Waals surface area contributed by atoms with Crippen LogP contribution < -0.4 is 5.32 Å². The Kier molecular flexibility index (Phi) is 4.15. The van der Waals surface area contributed by atoms with Gasteiger partial charge in [-0.15, -0.1) is 11.3 Å². The van der Waals surface area contributed by atoms with E-state index in [0.717, 1.165) is 30.0 Å². The Morgan fingerprint density at radius 1 is 1.59 bits per heavy atom. The van der Waals surface area contributed by atoms with Gasteiger partial charge in [0.25, 0.3) is 0 Å². The monoisotopic (exact) mass is 253 g/mol. The van der Waals surface area contributed by atoms with Gasteiger partial charge in [-0.3, -0.25) is 4.40 Å². The molecule has 1 atom stereocenters. The van der Waals surface area contributed by atoms with Crippen LogP contribution in [0.4, 0.5) is 0 Å². The molecule has 0 radical (unpaired) electrons. The Morgan fingerprint density at radius 3 is 3.18 bits per heavy atom. The summed E-state index contributed by atoms with van der Waals surface area (Å²) >= 11 is 1.64. The van der Waals surface area contributed by atoms with E-state index in [1.165, 1.54) is 5.69 Å². The molecule has 0 fully saturated rings. The molecule has 5 heteroatoms. The predicted molar refractivity (Wildman–Crippen MR) is 70.4 cm³/mol. The minimum Gasteiger partial charge on any atom is -0.392 e. The molecule has 0 amide bonds. The molecule has 0 aliphatic rings. The van der Waals surface area contributed by atoms with Gasteiger partial charge in [-0.1, -0.05) is 13.3 Å². The van der Waals surface area contributed by atoms with Crippen LogP contribution in [0.3, 0.4) is 0 Å². The molecule has 0 aliphatic carbocycles. The van der Waals surface area contributed by atoms with Gasteiger partial charge in [-0.2, -0.15) is 0 Å². The lowest BCUT2D eigenvalue weighted by molar-refractivity contribution is 0.160. The molecule has 2 aromatic heterocycles. The Hall–Kier alpha value is -0.910. The summed E-state index contributed by atoms with van der Waals surface area (Å²) in [5.41, 5.74) is 2.25. The van der Waals surface area contributed by atoms with E-state index in [-0.39, 0.29) is 6.10 Å². The van der Waals surface area contributed by atoms with Gasteiger partial charge in [0.2, 0.25) is 0 Å². The first-order valence-corrected chi connectivity index (χ1v) is 6.90. The lowest BCUT2D eigenvalue weighted by Gasteiger charge is -2.10. The average Bonchev–Trinajstić information content (AvgIpc) is 2.82. The summed E-state index contributed by atoms with van der Waals surface area (Å²) < 4.78 is 2.11. The highest BCUT2D eigenvalue weighted by Gasteiger charge is 2.09. The Balaban J connectivity index is 1.94. The smallest absolute Gasteiger partial charge is 0.194 e. The molecular formula is C12H19N3OS. The van der Waals surface area contributed by atoms with E-state index in [4.69, 9.17) is 0 Å². The average molecular weight is 253 g/mol. The van der Waals surface area contributed by atoms with Gasteiger partial charge in [0.15, 0.2) is 4.96 Å². The third kappa shape index (κ3) is 2.86. The highest BCUT2D eigenvalue weighted by atomic mass is 32.1. The fourth-order valence-electron chi connectivity index (χ4n) is 1.95. The molecule has 0 aliphatic heterocycles. The summed E-state index contributed by atoms with van der Waals surface area (Å²) in [6.07, 6.45) is 3.67. The van der Waals surface area contributed by atoms with Crippen molar-refractivity contribution in [1.82, 2.24) is 14.7 Å². The second-order valence-corrected chi connectivity index (χ2v) is 5.15. The van der Waals surface area contributed by atoms with Crippen LogP contribution in [0.1, 0.15) is 31.2 Å². The zero-order valence-electron chi connectivity index (χ0n) is 10.3. The molecule has 0 aromatic carbocycles. The van der Waals surface area contributed by atoms with Crippen LogP contribution in [-0.2, 0) is 6.54 Å². The summed E-state index contributed by atoms with van der Waals surface area (Å²) in [5.74, 6) is 0. The van der Waals surface area contributed by atoms with E-state index in [0.29, 0.717) is 6.54 Å². The van der Waals surface area contributed by atoms with E-state index in [1.54, 1.807) is 11.3 Å². The molecule has 2 aromatic rings. The first-order chi connectivity index (χ1) is 8.22. The SMILES string of the molecule is CCCC(O)CNCc1c(C)nc2sccn12. The fraction of sp³-hybridized carbons (Fsp3) is 0.583. The fourth-order valence-corrected chi connectivity index (χ4v) is 2.72. The van der Waals surface area contributed by atoms with Crippen LogP contribution in [0, 0.1) is 6.92 Å². The minimum atomic E-state index is -0.244. The summed E-state index contributed by atoms with van der Waals surface area (Å²) in [6.45, 7) is 5.51. The molecule has 0 bridgehead atoms. The van der Waals surface area contributed by atoms with E-state index >= 15 is 0 Å². The van der Waals surface area contributed by atoms with Crippen molar-refractivity contribution in [2.24, 2.45) is 0 Å². The first kappa shape index (κ1) is 12.5. The molecule has 4 nitrogen and oxygen atoms in total. The van der Waals surface area contributed by atoms with Crippen LogP contribution >= 0.6 is 11.3 Å². The van der Waals surface area contributed by atoms with E-state index in [9.17, 15) is 5.11 Å². The molecule has 17 heavy (non-hydrogen) atoms. The highest BCUT2D eigenvalue weighted by molar-refractivity contribution is 7.15. The van der Waals surface area contributed by atoms with Gasteiger partial charge >= 0.3 is 0 Å². The van der Waals surface area contributed by atoms with Crippen molar-refractivity contribution in [2.75, 3.05) is 6.54 Å². The Morgan fingerprint density at radius 2 is 2.41 bits per heavy atom. The summed E-state index contributed by atoms with van der Waals surface area (Å²) in [5, 5.41) is 15.0.